The van der Waals surface area contributed by atoms with Crippen LogP contribution < -0.4 is 10.5 Å². The third kappa shape index (κ3) is 2.88. The Balaban J connectivity index is 2.09. The maximum absolute atomic E-state index is 13.6. The van der Waals surface area contributed by atoms with Crippen molar-refractivity contribution in [3.63, 3.8) is 0 Å². The summed E-state index contributed by atoms with van der Waals surface area (Å²) in [5.41, 5.74) is 5.23. The molecule has 0 amide bonds. The summed E-state index contributed by atoms with van der Waals surface area (Å²) in [5.74, 6) is -1.84. The fourth-order valence-corrected chi connectivity index (χ4v) is 1.64. The number of nitrogens with zero attached hydrogens (tertiary/aromatic N) is 1. The quantitative estimate of drug-likeness (QED) is 0.367. The Morgan fingerprint density at radius 2 is 2.00 bits per heavy atom. The molecule has 2 rings (SSSR count). The first kappa shape index (κ1) is 12.6. The Kier molecular flexibility index (Phi) is 3.64. The number of hydrogen-bond donors (Lipinski definition) is 2. The van der Waals surface area contributed by atoms with Crippen molar-refractivity contribution in [3.8, 4) is 5.75 Å². The van der Waals surface area contributed by atoms with Crippen molar-refractivity contribution in [1.82, 2.24) is 0 Å². The number of ether oxygens (including phenoxy) is 1. The van der Waals surface area contributed by atoms with Crippen LogP contribution in [-0.2, 0) is 0 Å². The van der Waals surface area contributed by atoms with E-state index in [0.29, 0.717) is 12.5 Å². The molecular weight excluding hydrogens is 242 g/mol. The molecule has 4 nitrogen and oxygen atoms in total. The van der Waals surface area contributed by atoms with Gasteiger partial charge in [-0.1, -0.05) is 18.0 Å². The van der Waals surface area contributed by atoms with Crippen LogP contribution >= 0.6 is 0 Å². The summed E-state index contributed by atoms with van der Waals surface area (Å²) in [4.78, 5) is 0. The number of nitrogens with two attached hydrogens (primary N) is 1. The Bertz CT molecular complexity index is 450. The Morgan fingerprint density at radius 1 is 1.39 bits per heavy atom. The van der Waals surface area contributed by atoms with E-state index in [1.807, 2.05) is 0 Å². The molecule has 0 saturated heterocycles. The van der Waals surface area contributed by atoms with Crippen molar-refractivity contribution < 1.29 is 18.7 Å². The van der Waals surface area contributed by atoms with Gasteiger partial charge in [-0.3, -0.25) is 0 Å². The number of amidine groups is 1. The predicted molar refractivity (Wildman–Crippen MR) is 61.7 cm³/mol. The van der Waals surface area contributed by atoms with Gasteiger partial charge in [-0.25, -0.2) is 8.78 Å². The van der Waals surface area contributed by atoms with Crippen LogP contribution in [0.2, 0.25) is 0 Å². The molecule has 98 valence electrons. The maximum atomic E-state index is 13.6. The SMILES string of the molecule is N/C(=N/O)c1cc(F)c(OCCC2CC2)c(F)c1. The highest BCUT2D eigenvalue weighted by Crippen LogP contribution is 2.32. The molecule has 1 aromatic rings. The zero-order chi connectivity index (χ0) is 13.1. The second-order valence-corrected chi connectivity index (χ2v) is 4.33. The minimum absolute atomic E-state index is 0.0259. The van der Waals surface area contributed by atoms with Gasteiger partial charge in [0, 0.05) is 5.56 Å². The highest BCUT2D eigenvalue weighted by molar-refractivity contribution is 5.97. The Labute approximate surface area is 103 Å². The molecule has 18 heavy (non-hydrogen) atoms. The lowest BCUT2D eigenvalue weighted by molar-refractivity contribution is 0.273. The van der Waals surface area contributed by atoms with Crippen molar-refractivity contribution in [2.24, 2.45) is 16.8 Å². The summed E-state index contributed by atoms with van der Waals surface area (Å²) in [7, 11) is 0. The van der Waals surface area contributed by atoms with Crippen LogP contribution in [0.25, 0.3) is 0 Å². The molecule has 0 aromatic heterocycles. The van der Waals surface area contributed by atoms with Gasteiger partial charge in [0.05, 0.1) is 6.61 Å². The molecule has 1 aliphatic rings. The molecule has 1 fully saturated rings. The van der Waals surface area contributed by atoms with Gasteiger partial charge >= 0.3 is 0 Å². The second-order valence-electron chi connectivity index (χ2n) is 4.33. The molecule has 0 unspecified atom stereocenters. The maximum Gasteiger partial charge on any atom is 0.190 e. The highest BCUT2D eigenvalue weighted by Gasteiger charge is 2.21. The van der Waals surface area contributed by atoms with E-state index in [-0.39, 0.29) is 11.4 Å². The summed E-state index contributed by atoms with van der Waals surface area (Å²) in [6.45, 7) is 0.293. The van der Waals surface area contributed by atoms with Gasteiger partial charge in [0.2, 0.25) is 0 Å². The first-order valence-electron chi connectivity index (χ1n) is 5.71. The summed E-state index contributed by atoms with van der Waals surface area (Å²) in [6.07, 6.45) is 3.13. The lowest BCUT2D eigenvalue weighted by Gasteiger charge is -2.09. The number of halogens is 2. The van der Waals surface area contributed by atoms with Crippen LogP contribution in [0.5, 0.6) is 5.75 Å². The van der Waals surface area contributed by atoms with Crippen LogP contribution in [0, 0.1) is 17.6 Å². The van der Waals surface area contributed by atoms with Gasteiger partial charge in [-0.2, -0.15) is 0 Å². The largest absolute Gasteiger partial charge is 0.488 e. The molecule has 0 bridgehead atoms. The minimum atomic E-state index is -0.854. The topological polar surface area (TPSA) is 67.8 Å². The molecule has 1 saturated carbocycles. The fourth-order valence-electron chi connectivity index (χ4n) is 1.64. The average Bonchev–Trinajstić information content (AvgIpc) is 3.15. The van der Waals surface area contributed by atoms with Gasteiger partial charge in [-0.15, -0.1) is 0 Å². The van der Waals surface area contributed by atoms with Crippen molar-refractivity contribution in [1.29, 1.82) is 0 Å². The molecular formula is C12H14F2N2O2. The summed E-state index contributed by atoms with van der Waals surface area (Å²) in [5, 5.41) is 11.1. The molecule has 6 heteroatoms. The van der Waals surface area contributed by atoms with E-state index < -0.39 is 17.4 Å². The minimum Gasteiger partial charge on any atom is -0.488 e. The van der Waals surface area contributed by atoms with Crippen LogP contribution in [0.15, 0.2) is 17.3 Å². The van der Waals surface area contributed by atoms with E-state index in [2.05, 4.69) is 5.16 Å². The molecule has 0 atom stereocenters. The van der Waals surface area contributed by atoms with Gasteiger partial charge in [0.15, 0.2) is 23.2 Å². The summed E-state index contributed by atoms with van der Waals surface area (Å²) < 4.78 is 32.3. The Hall–Kier alpha value is -1.85. The third-order valence-electron chi connectivity index (χ3n) is 2.87. The lowest BCUT2D eigenvalue weighted by atomic mass is 10.2. The molecule has 0 spiro atoms. The molecule has 0 radical (unpaired) electrons. The first-order valence-corrected chi connectivity index (χ1v) is 5.71. The molecule has 0 aliphatic heterocycles. The fraction of sp³-hybridized carbons (Fsp3) is 0.417. The van der Waals surface area contributed by atoms with Gasteiger partial charge in [-0.05, 0) is 24.5 Å². The van der Waals surface area contributed by atoms with E-state index in [4.69, 9.17) is 15.7 Å². The third-order valence-corrected chi connectivity index (χ3v) is 2.87. The van der Waals surface area contributed by atoms with Crippen LogP contribution in [0.4, 0.5) is 8.78 Å². The summed E-state index contributed by atoms with van der Waals surface area (Å²) in [6, 6.07) is 1.95. The predicted octanol–water partition coefficient (Wildman–Crippen LogP) is 2.24. The van der Waals surface area contributed by atoms with E-state index in [1.165, 1.54) is 0 Å². The van der Waals surface area contributed by atoms with Crippen LogP contribution in [0.3, 0.4) is 0 Å². The van der Waals surface area contributed by atoms with Crippen molar-refractivity contribution in [2.75, 3.05) is 6.61 Å². The molecule has 3 N–H and O–H groups in total. The first-order chi connectivity index (χ1) is 8.61. The van der Waals surface area contributed by atoms with Crippen molar-refractivity contribution in [2.45, 2.75) is 19.3 Å². The van der Waals surface area contributed by atoms with Crippen LogP contribution in [-0.4, -0.2) is 17.6 Å². The molecule has 1 aliphatic carbocycles. The standard InChI is InChI=1S/C12H14F2N2O2/c13-9-5-8(12(15)16-17)6-10(14)11(9)18-4-3-7-1-2-7/h5-7,17H,1-4H2,(H2,15,16). The number of hydrogen-bond acceptors (Lipinski definition) is 3. The van der Waals surface area contributed by atoms with Crippen molar-refractivity contribution >= 4 is 5.84 Å². The van der Waals surface area contributed by atoms with Gasteiger partial charge < -0.3 is 15.7 Å². The smallest absolute Gasteiger partial charge is 0.190 e. The monoisotopic (exact) mass is 256 g/mol. The second kappa shape index (κ2) is 5.20. The number of rotatable bonds is 5. The lowest BCUT2D eigenvalue weighted by Crippen LogP contribution is -2.14. The normalized spacial score (nSPS) is 15.8. The average molecular weight is 256 g/mol. The zero-order valence-corrected chi connectivity index (χ0v) is 9.70. The van der Waals surface area contributed by atoms with E-state index in [1.54, 1.807) is 0 Å². The highest BCUT2D eigenvalue weighted by atomic mass is 19.1. The van der Waals surface area contributed by atoms with E-state index >= 15 is 0 Å². The van der Waals surface area contributed by atoms with Gasteiger partial charge in [0.25, 0.3) is 0 Å². The number of benzene rings is 1. The summed E-state index contributed by atoms with van der Waals surface area (Å²) >= 11 is 0. The molecule has 0 heterocycles. The van der Waals surface area contributed by atoms with E-state index in [9.17, 15) is 8.78 Å². The molecule has 1 aromatic carbocycles. The van der Waals surface area contributed by atoms with E-state index in [0.717, 1.165) is 31.4 Å². The number of oxime groups is 1. The Morgan fingerprint density at radius 3 is 2.50 bits per heavy atom. The van der Waals surface area contributed by atoms with Gasteiger partial charge in [0.1, 0.15) is 0 Å². The van der Waals surface area contributed by atoms with Crippen LogP contribution in [0.1, 0.15) is 24.8 Å². The van der Waals surface area contributed by atoms with Crippen molar-refractivity contribution in [3.05, 3.63) is 29.3 Å². The zero-order valence-electron chi connectivity index (χ0n) is 9.70.